The Bertz CT molecular complexity index is 1560. The Morgan fingerprint density at radius 2 is 1.62 bits per heavy atom. The monoisotopic (exact) mass is 537 g/mol. The minimum absolute atomic E-state index is 0.0517. The van der Waals surface area contributed by atoms with E-state index in [4.69, 9.17) is 26.1 Å². The van der Waals surface area contributed by atoms with Gasteiger partial charge < -0.3 is 29.0 Å². The lowest BCUT2D eigenvalue weighted by Crippen LogP contribution is -3.13. The van der Waals surface area contributed by atoms with E-state index in [2.05, 4.69) is 20.7 Å². The van der Waals surface area contributed by atoms with E-state index in [1.165, 1.54) is 34.7 Å². The molecule has 3 aromatic carbocycles. The number of nitrogens with zero attached hydrogens (tertiary/aromatic N) is 4. The van der Waals surface area contributed by atoms with Crippen molar-refractivity contribution in [1.29, 1.82) is 0 Å². The molecule has 1 fully saturated rings. The zero-order valence-corrected chi connectivity index (χ0v) is 21.4. The normalized spacial score (nSPS) is 15.8. The second kappa shape index (κ2) is 9.70. The topological polar surface area (TPSA) is 100 Å². The number of fused-ring (bicyclic) bond motifs is 2. The first-order valence-corrected chi connectivity index (χ1v) is 13.7. The van der Waals surface area contributed by atoms with Crippen LogP contribution in [0.15, 0.2) is 71.6 Å². The highest BCUT2D eigenvalue weighted by Crippen LogP contribution is 2.35. The van der Waals surface area contributed by atoms with Crippen LogP contribution in [0.25, 0.3) is 15.8 Å². The summed E-state index contributed by atoms with van der Waals surface area (Å²) in [6.45, 7) is 4.21. The second-order valence-electron chi connectivity index (χ2n) is 8.98. The standard InChI is InChI=1S/C26H23ClN5O4S/c27-19-6-8-20(9-7-19)37(33,34)30-25-26(29-22-4-2-1-3-21(22)28-25)32-13-11-31(12-14-32)16-18-5-10-23-24(15-18)36-17-35-23/h1-10,15H,11-14,16-17H2/q-1/p+1. The number of nitrogens with one attached hydrogen (secondary N) is 1. The molecule has 0 aliphatic carbocycles. The summed E-state index contributed by atoms with van der Waals surface area (Å²) in [6, 6.07) is 19.4. The predicted molar refractivity (Wildman–Crippen MR) is 140 cm³/mol. The largest absolute Gasteiger partial charge is 0.454 e. The quantitative estimate of drug-likeness (QED) is 0.403. The number of ether oxygens (including phenoxy) is 2. The second-order valence-corrected chi connectivity index (χ2v) is 11.0. The van der Waals surface area contributed by atoms with Gasteiger partial charge in [0.15, 0.2) is 11.5 Å². The molecule has 3 heterocycles. The number of aromatic nitrogens is 2. The average Bonchev–Trinajstić information content (AvgIpc) is 3.37. The third-order valence-electron chi connectivity index (χ3n) is 6.51. The van der Waals surface area contributed by atoms with Gasteiger partial charge in [0.1, 0.15) is 12.4 Å². The number of piperazine rings is 1. The molecule has 2 aliphatic heterocycles. The van der Waals surface area contributed by atoms with Crippen LogP contribution in [0.5, 0.6) is 11.5 Å². The summed E-state index contributed by atoms with van der Waals surface area (Å²) < 4.78 is 41.2. The molecule has 0 unspecified atom stereocenters. The fourth-order valence-electron chi connectivity index (χ4n) is 4.58. The lowest BCUT2D eigenvalue weighted by molar-refractivity contribution is -0.914. The number of rotatable bonds is 6. The average molecular weight is 538 g/mol. The Labute approximate surface area is 219 Å². The van der Waals surface area contributed by atoms with Crippen LogP contribution in [-0.4, -0.2) is 51.4 Å². The van der Waals surface area contributed by atoms with Crippen LogP contribution in [0.4, 0.5) is 11.6 Å². The Morgan fingerprint density at radius 3 is 2.38 bits per heavy atom. The van der Waals surface area contributed by atoms with Gasteiger partial charge in [-0.2, -0.15) is 0 Å². The first kappa shape index (κ1) is 23.8. The lowest BCUT2D eigenvalue weighted by Gasteiger charge is -2.35. The molecule has 11 heteroatoms. The number of anilines is 1. The maximum absolute atomic E-state index is 13.1. The molecule has 0 atom stereocenters. The van der Waals surface area contributed by atoms with Crippen LogP contribution in [0.1, 0.15) is 5.56 Å². The van der Waals surface area contributed by atoms with Crippen molar-refractivity contribution in [2.24, 2.45) is 0 Å². The molecule has 37 heavy (non-hydrogen) atoms. The summed E-state index contributed by atoms with van der Waals surface area (Å²) in [6.07, 6.45) is 0. The van der Waals surface area contributed by atoms with E-state index in [0.717, 1.165) is 31.1 Å². The molecule has 0 radical (unpaired) electrons. The zero-order valence-electron chi connectivity index (χ0n) is 19.8. The van der Waals surface area contributed by atoms with Gasteiger partial charge >= 0.3 is 0 Å². The predicted octanol–water partition coefficient (Wildman–Crippen LogP) is 3.31. The molecular weight excluding hydrogens is 514 g/mol. The Balaban J connectivity index is 1.23. The fraction of sp³-hybridized carbons (Fsp3) is 0.231. The molecule has 1 saturated heterocycles. The summed E-state index contributed by atoms with van der Waals surface area (Å²) in [5.41, 5.74) is 2.46. The molecular formula is C26H24ClN5O4S. The minimum atomic E-state index is -4.01. The summed E-state index contributed by atoms with van der Waals surface area (Å²) >= 11 is 5.93. The molecule has 4 aromatic rings. The van der Waals surface area contributed by atoms with Crippen LogP contribution in [0, 0.1) is 0 Å². The molecule has 1 aromatic heterocycles. The van der Waals surface area contributed by atoms with Crippen molar-refractivity contribution in [3.8, 4) is 11.5 Å². The van der Waals surface area contributed by atoms with Crippen molar-refractivity contribution < 1.29 is 22.8 Å². The highest BCUT2D eigenvalue weighted by molar-refractivity contribution is 7.94. The van der Waals surface area contributed by atoms with E-state index in [-0.39, 0.29) is 17.5 Å². The number of sulfonamides is 1. The summed E-state index contributed by atoms with van der Waals surface area (Å²) in [7, 11) is -4.01. The Hall–Kier alpha value is -3.60. The number of quaternary nitrogens is 1. The first-order chi connectivity index (χ1) is 17.9. The maximum Gasteiger partial charge on any atom is 0.231 e. The minimum Gasteiger partial charge on any atom is -0.454 e. The zero-order chi connectivity index (χ0) is 25.4. The van der Waals surface area contributed by atoms with Gasteiger partial charge in [0, 0.05) is 10.6 Å². The van der Waals surface area contributed by atoms with Gasteiger partial charge in [0.2, 0.25) is 16.8 Å². The third-order valence-corrected chi connectivity index (χ3v) is 8.05. The highest BCUT2D eigenvalue weighted by Gasteiger charge is 2.24. The number of hydrogen-bond acceptors (Lipinski definition) is 7. The Morgan fingerprint density at radius 1 is 0.919 bits per heavy atom. The maximum atomic E-state index is 13.1. The summed E-state index contributed by atoms with van der Waals surface area (Å²) in [5, 5.41) is 0.450. The van der Waals surface area contributed by atoms with Crippen LogP contribution in [0.2, 0.25) is 5.02 Å². The van der Waals surface area contributed by atoms with Crippen LogP contribution in [0.3, 0.4) is 0 Å². The van der Waals surface area contributed by atoms with E-state index in [1.807, 2.05) is 30.3 Å². The number of hydrogen-bond donors (Lipinski definition) is 1. The van der Waals surface area contributed by atoms with E-state index in [0.29, 0.717) is 35.0 Å². The third kappa shape index (κ3) is 5.00. The molecule has 9 nitrogen and oxygen atoms in total. The van der Waals surface area contributed by atoms with Crippen LogP contribution in [-0.2, 0) is 16.6 Å². The summed E-state index contributed by atoms with van der Waals surface area (Å²) in [4.78, 5) is 12.9. The number of halogens is 1. The molecule has 0 bridgehead atoms. The van der Waals surface area contributed by atoms with E-state index in [9.17, 15) is 8.42 Å². The molecule has 2 aliphatic rings. The fourth-order valence-corrected chi connectivity index (χ4v) is 5.64. The molecule has 1 N–H and O–H groups in total. The number of para-hydroxylation sites is 2. The van der Waals surface area contributed by atoms with Crippen LogP contribution < -0.4 is 19.3 Å². The van der Waals surface area contributed by atoms with E-state index in [1.54, 1.807) is 6.07 Å². The van der Waals surface area contributed by atoms with E-state index >= 15 is 0 Å². The van der Waals surface area contributed by atoms with Gasteiger partial charge in [-0.05, 0) is 59.9 Å². The molecule has 190 valence electrons. The SMILES string of the molecule is O=S(=O)([N-]c1nc2ccccc2nc1N1CC[NH+](Cc2ccc3c(c2)OCO3)CC1)c1ccc(Cl)cc1. The van der Waals surface area contributed by atoms with Crippen molar-refractivity contribution in [3.63, 3.8) is 0 Å². The van der Waals surface area contributed by atoms with Crippen molar-refractivity contribution >= 4 is 44.3 Å². The first-order valence-electron chi connectivity index (χ1n) is 11.9. The highest BCUT2D eigenvalue weighted by atomic mass is 35.5. The van der Waals surface area contributed by atoms with Crippen molar-refractivity contribution in [3.05, 3.63) is 82.0 Å². The van der Waals surface area contributed by atoms with Gasteiger partial charge in [-0.1, -0.05) is 29.8 Å². The number of benzene rings is 3. The van der Waals surface area contributed by atoms with Crippen LogP contribution >= 0.6 is 11.6 Å². The van der Waals surface area contributed by atoms with Gasteiger partial charge in [-0.25, -0.2) is 13.4 Å². The smallest absolute Gasteiger partial charge is 0.231 e. The van der Waals surface area contributed by atoms with Gasteiger partial charge in [0.05, 0.1) is 36.6 Å². The lowest BCUT2D eigenvalue weighted by atomic mass is 10.1. The van der Waals surface area contributed by atoms with Gasteiger partial charge in [-0.3, -0.25) is 0 Å². The van der Waals surface area contributed by atoms with Crippen molar-refractivity contribution in [1.82, 2.24) is 9.97 Å². The van der Waals surface area contributed by atoms with Gasteiger partial charge in [0.25, 0.3) is 0 Å². The molecule has 0 spiro atoms. The molecule has 0 saturated carbocycles. The van der Waals surface area contributed by atoms with Crippen molar-refractivity contribution in [2.45, 2.75) is 11.4 Å². The molecule has 6 rings (SSSR count). The van der Waals surface area contributed by atoms with E-state index < -0.39 is 10.0 Å². The molecule has 0 amide bonds. The van der Waals surface area contributed by atoms with Gasteiger partial charge in [-0.15, -0.1) is 0 Å². The van der Waals surface area contributed by atoms with Crippen molar-refractivity contribution in [2.75, 3.05) is 37.9 Å². The summed E-state index contributed by atoms with van der Waals surface area (Å²) in [5.74, 6) is 2.13. The Kier molecular flexibility index (Phi) is 6.23.